The number of nitrogens with zero attached hydrogens (tertiary/aromatic N) is 1. The molecule has 0 amide bonds. The van der Waals surface area contributed by atoms with Crippen molar-refractivity contribution in [3.8, 4) is 0 Å². The molecule has 150 valence electrons. The van der Waals surface area contributed by atoms with Crippen LogP contribution in [-0.2, 0) is 26.1 Å². The average molecular weight is 468 g/mol. The number of halogens is 1. The van der Waals surface area contributed by atoms with Crippen LogP contribution in [0.3, 0.4) is 0 Å². The lowest BCUT2D eigenvalue weighted by Crippen LogP contribution is -2.48. The minimum atomic E-state index is -3.72. The van der Waals surface area contributed by atoms with Gasteiger partial charge in [-0.1, -0.05) is 34.1 Å². The summed E-state index contributed by atoms with van der Waals surface area (Å²) in [4.78, 5) is 12.5. The lowest BCUT2D eigenvalue weighted by Gasteiger charge is -2.34. The molecule has 2 aromatic carbocycles. The second kappa shape index (κ2) is 8.73. The number of sulfonamides is 1. The fraction of sp³-hybridized carbons (Fsp3) is 0.350. The third-order valence-electron chi connectivity index (χ3n) is 4.38. The smallest absolute Gasteiger partial charge is 0.338 e. The van der Waals surface area contributed by atoms with E-state index in [1.807, 2.05) is 38.1 Å². The molecule has 2 unspecified atom stereocenters. The first kappa shape index (κ1) is 21.0. The molecule has 6 nitrogen and oxygen atoms in total. The number of carbonyl (C=O) groups excluding carboxylic acids is 1. The Hall–Kier alpha value is -1.74. The van der Waals surface area contributed by atoms with Crippen LogP contribution in [-0.4, -0.2) is 44.0 Å². The van der Waals surface area contributed by atoms with E-state index in [4.69, 9.17) is 9.47 Å². The van der Waals surface area contributed by atoms with Gasteiger partial charge in [-0.15, -0.1) is 0 Å². The van der Waals surface area contributed by atoms with E-state index in [1.165, 1.54) is 16.4 Å². The van der Waals surface area contributed by atoms with Gasteiger partial charge >= 0.3 is 5.97 Å². The second-order valence-electron chi connectivity index (χ2n) is 6.81. The van der Waals surface area contributed by atoms with Crippen molar-refractivity contribution in [2.24, 2.45) is 0 Å². The van der Waals surface area contributed by atoms with Gasteiger partial charge in [0, 0.05) is 17.6 Å². The van der Waals surface area contributed by atoms with Crippen LogP contribution in [0.15, 0.2) is 57.9 Å². The van der Waals surface area contributed by atoms with Gasteiger partial charge in [0.2, 0.25) is 10.0 Å². The molecule has 28 heavy (non-hydrogen) atoms. The fourth-order valence-corrected chi connectivity index (χ4v) is 4.97. The Bertz CT molecular complexity index is 935. The summed E-state index contributed by atoms with van der Waals surface area (Å²) in [6, 6.07) is 13.4. The normalized spacial score (nSPS) is 20.7. The largest absolute Gasteiger partial charge is 0.457 e. The first-order chi connectivity index (χ1) is 13.3. The van der Waals surface area contributed by atoms with E-state index in [2.05, 4.69) is 15.9 Å². The van der Waals surface area contributed by atoms with Crippen LogP contribution < -0.4 is 0 Å². The topological polar surface area (TPSA) is 72.9 Å². The predicted octanol–water partition coefficient (Wildman–Crippen LogP) is 3.60. The summed E-state index contributed by atoms with van der Waals surface area (Å²) in [5, 5.41) is 0. The Balaban J connectivity index is 1.73. The van der Waals surface area contributed by atoms with Crippen LogP contribution in [0.1, 0.15) is 29.8 Å². The SMILES string of the molecule is CC1CN(S(=O)(=O)c2cccc(C(=O)OCc3ccc(Br)cc3)c2)CC(C)O1. The van der Waals surface area contributed by atoms with Crippen LogP contribution in [0.5, 0.6) is 0 Å². The molecular weight excluding hydrogens is 446 g/mol. The van der Waals surface area contributed by atoms with Gasteiger partial charge in [-0.25, -0.2) is 13.2 Å². The molecule has 1 fully saturated rings. The van der Waals surface area contributed by atoms with E-state index >= 15 is 0 Å². The molecule has 0 N–H and O–H groups in total. The van der Waals surface area contributed by atoms with E-state index in [9.17, 15) is 13.2 Å². The minimum absolute atomic E-state index is 0.0758. The number of ether oxygens (including phenoxy) is 2. The van der Waals surface area contributed by atoms with Crippen molar-refractivity contribution in [3.05, 3.63) is 64.1 Å². The van der Waals surface area contributed by atoms with Crippen LogP contribution >= 0.6 is 15.9 Å². The zero-order valence-electron chi connectivity index (χ0n) is 15.7. The summed E-state index contributed by atoms with van der Waals surface area (Å²) in [7, 11) is -3.72. The highest BCUT2D eigenvalue weighted by molar-refractivity contribution is 9.10. The number of morpholine rings is 1. The van der Waals surface area contributed by atoms with Crippen LogP contribution in [0, 0.1) is 0 Å². The molecule has 2 atom stereocenters. The quantitative estimate of drug-likeness (QED) is 0.627. The summed E-state index contributed by atoms with van der Waals surface area (Å²) in [6.07, 6.45) is -0.366. The van der Waals surface area contributed by atoms with Gasteiger partial charge in [-0.05, 0) is 49.7 Å². The molecule has 0 aromatic heterocycles. The van der Waals surface area contributed by atoms with Gasteiger partial charge in [0.1, 0.15) is 6.61 Å². The van der Waals surface area contributed by atoms with E-state index in [1.54, 1.807) is 12.1 Å². The van der Waals surface area contributed by atoms with E-state index in [0.717, 1.165) is 10.0 Å². The van der Waals surface area contributed by atoms with Crippen LogP contribution in [0.2, 0.25) is 0 Å². The van der Waals surface area contributed by atoms with Crippen LogP contribution in [0.25, 0.3) is 0 Å². The summed E-state index contributed by atoms with van der Waals surface area (Å²) < 4.78 is 39.2. The maximum absolute atomic E-state index is 13.0. The number of carbonyl (C=O) groups is 1. The Morgan fingerprint density at radius 3 is 2.43 bits per heavy atom. The van der Waals surface area contributed by atoms with Gasteiger partial charge < -0.3 is 9.47 Å². The highest BCUT2D eigenvalue weighted by Gasteiger charge is 2.32. The lowest BCUT2D eigenvalue weighted by atomic mass is 10.2. The maximum Gasteiger partial charge on any atom is 0.338 e. The number of hydrogen-bond donors (Lipinski definition) is 0. The summed E-state index contributed by atoms with van der Waals surface area (Å²) in [6.45, 7) is 4.36. The summed E-state index contributed by atoms with van der Waals surface area (Å²) in [5.74, 6) is -0.566. The second-order valence-corrected chi connectivity index (χ2v) is 9.66. The Kier molecular flexibility index (Phi) is 6.54. The number of hydrogen-bond acceptors (Lipinski definition) is 5. The van der Waals surface area contributed by atoms with Gasteiger partial charge in [0.25, 0.3) is 0 Å². The maximum atomic E-state index is 13.0. The molecule has 8 heteroatoms. The van der Waals surface area contributed by atoms with Gasteiger partial charge in [-0.3, -0.25) is 0 Å². The first-order valence-corrected chi connectivity index (χ1v) is 11.2. The van der Waals surface area contributed by atoms with Crippen molar-refractivity contribution >= 4 is 31.9 Å². The molecule has 1 saturated heterocycles. The fourth-order valence-electron chi connectivity index (χ4n) is 3.07. The zero-order valence-corrected chi connectivity index (χ0v) is 18.1. The molecule has 0 radical (unpaired) electrons. The highest BCUT2D eigenvalue weighted by atomic mass is 79.9. The Labute approximate surface area is 173 Å². The third kappa shape index (κ3) is 5.00. The van der Waals surface area contributed by atoms with Gasteiger partial charge in [-0.2, -0.15) is 4.31 Å². The Morgan fingerprint density at radius 2 is 1.79 bits per heavy atom. The molecule has 1 aliphatic heterocycles. The highest BCUT2D eigenvalue weighted by Crippen LogP contribution is 2.22. The van der Waals surface area contributed by atoms with Crippen LogP contribution in [0.4, 0.5) is 0 Å². The van der Waals surface area contributed by atoms with Gasteiger partial charge in [0.05, 0.1) is 22.7 Å². The first-order valence-electron chi connectivity index (χ1n) is 8.93. The molecule has 1 heterocycles. The Morgan fingerprint density at radius 1 is 1.14 bits per heavy atom. The number of benzene rings is 2. The summed E-state index contributed by atoms with van der Waals surface area (Å²) in [5.41, 5.74) is 1.05. The lowest BCUT2D eigenvalue weighted by molar-refractivity contribution is -0.0440. The zero-order chi connectivity index (χ0) is 20.3. The molecule has 0 saturated carbocycles. The third-order valence-corrected chi connectivity index (χ3v) is 6.73. The van der Waals surface area contributed by atoms with E-state index < -0.39 is 16.0 Å². The van der Waals surface area contributed by atoms with Crippen molar-refractivity contribution in [3.63, 3.8) is 0 Å². The summed E-state index contributed by atoms with van der Waals surface area (Å²) >= 11 is 3.35. The molecule has 0 bridgehead atoms. The monoisotopic (exact) mass is 467 g/mol. The van der Waals surface area contributed by atoms with E-state index in [0.29, 0.717) is 0 Å². The number of rotatable bonds is 5. The van der Waals surface area contributed by atoms with Crippen molar-refractivity contribution < 1.29 is 22.7 Å². The molecule has 0 spiro atoms. The van der Waals surface area contributed by atoms with Crippen molar-refractivity contribution in [2.45, 2.75) is 37.6 Å². The molecule has 1 aliphatic rings. The molecular formula is C20H22BrNO5S. The molecule has 3 rings (SSSR count). The van der Waals surface area contributed by atoms with Crippen molar-refractivity contribution in [2.75, 3.05) is 13.1 Å². The minimum Gasteiger partial charge on any atom is -0.457 e. The van der Waals surface area contributed by atoms with E-state index in [-0.39, 0.29) is 42.4 Å². The average Bonchev–Trinajstić information content (AvgIpc) is 2.66. The van der Waals surface area contributed by atoms with Crippen molar-refractivity contribution in [1.29, 1.82) is 0 Å². The predicted molar refractivity (Wildman–Crippen MR) is 108 cm³/mol. The molecule has 2 aromatic rings. The van der Waals surface area contributed by atoms with Crippen molar-refractivity contribution in [1.82, 2.24) is 4.31 Å². The molecule has 0 aliphatic carbocycles. The van der Waals surface area contributed by atoms with Gasteiger partial charge in [0.15, 0.2) is 0 Å². The number of esters is 1. The standard InChI is InChI=1S/C20H22BrNO5S/c1-14-11-22(12-15(2)27-14)28(24,25)19-5-3-4-17(10-19)20(23)26-13-16-6-8-18(21)9-7-16/h3-10,14-15H,11-13H2,1-2H3.